The number of benzene rings is 1. The smallest absolute Gasteiger partial charge is 0.254 e. The molecule has 0 aliphatic heterocycles. The van der Waals surface area contributed by atoms with Gasteiger partial charge < -0.3 is 5.32 Å². The molecule has 3 aromatic heterocycles. The summed E-state index contributed by atoms with van der Waals surface area (Å²) in [4.78, 5) is 33.3. The highest BCUT2D eigenvalue weighted by Gasteiger charge is 2.11. The normalized spacial score (nSPS) is 11.0. The average molecular weight is 444 g/mol. The highest BCUT2D eigenvalue weighted by atomic mass is 16.1. The van der Waals surface area contributed by atoms with Crippen molar-refractivity contribution in [3.63, 3.8) is 0 Å². The van der Waals surface area contributed by atoms with E-state index in [2.05, 4.69) is 25.5 Å². The zero-order valence-electron chi connectivity index (χ0n) is 18.8. The maximum Gasteiger partial charge on any atom is 0.254 e. The molecule has 4 aromatic rings. The van der Waals surface area contributed by atoms with Crippen LogP contribution >= 0.6 is 0 Å². The van der Waals surface area contributed by atoms with E-state index in [4.69, 9.17) is 0 Å². The summed E-state index contributed by atoms with van der Waals surface area (Å²) in [5, 5.41) is 11.5. The molecule has 0 fully saturated rings. The summed E-state index contributed by atoms with van der Waals surface area (Å²) in [5.74, 6) is 0.680. The highest BCUT2D eigenvalue weighted by Crippen LogP contribution is 2.18. The first-order chi connectivity index (χ1) is 15.9. The number of hydrogen-bond acceptors (Lipinski definition) is 6. The van der Waals surface area contributed by atoms with E-state index >= 15 is 0 Å². The Hall–Kier alpha value is -4.14. The summed E-state index contributed by atoms with van der Waals surface area (Å²) < 4.78 is 3.32. The third-order valence-corrected chi connectivity index (χ3v) is 4.98. The Labute approximate surface area is 191 Å². The van der Waals surface area contributed by atoms with Crippen LogP contribution in [-0.2, 0) is 13.5 Å². The first-order valence-electron chi connectivity index (χ1n) is 10.7. The summed E-state index contributed by atoms with van der Waals surface area (Å²) in [6.07, 6.45) is 8.55. The molecular formula is C24H25N7O2. The van der Waals surface area contributed by atoms with Crippen molar-refractivity contribution in [3.8, 4) is 17.1 Å². The fourth-order valence-electron chi connectivity index (χ4n) is 3.25. The van der Waals surface area contributed by atoms with Gasteiger partial charge in [0.1, 0.15) is 11.4 Å². The number of amides is 1. The molecule has 1 amide bonds. The van der Waals surface area contributed by atoms with Crippen molar-refractivity contribution in [2.45, 2.75) is 20.3 Å². The second-order valence-corrected chi connectivity index (χ2v) is 8.22. The Morgan fingerprint density at radius 1 is 1.12 bits per heavy atom. The van der Waals surface area contributed by atoms with E-state index in [0.717, 1.165) is 16.8 Å². The van der Waals surface area contributed by atoms with Gasteiger partial charge in [-0.15, -0.1) is 0 Å². The lowest BCUT2D eigenvalue weighted by molar-refractivity contribution is 0.0948. The van der Waals surface area contributed by atoms with Gasteiger partial charge in [0.25, 0.3) is 5.91 Å². The van der Waals surface area contributed by atoms with E-state index in [1.807, 2.05) is 51.4 Å². The molecule has 1 N–H and O–H groups in total. The lowest BCUT2D eigenvalue weighted by Gasteiger charge is -2.08. The average Bonchev–Trinajstić information content (AvgIpc) is 3.25. The van der Waals surface area contributed by atoms with Crippen molar-refractivity contribution >= 4 is 5.91 Å². The van der Waals surface area contributed by atoms with E-state index < -0.39 is 0 Å². The number of carbonyl (C=O) groups is 1. The van der Waals surface area contributed by atoms with Crippen LogP contribution in [0.2, 0.25) is 0 Å². The van der Waals surface area contributed by atoms with E-state index in [-0.39, 0.29) is 11.3 Å². The van der Waals surface area contributed by atoms with Crippen LogP contribution in [0.4, 0.5) is 0 Å². The van der Waals surface area contributed by atoms with Crippen LogP contribution in [0, 0.1) is 5.92 Å². The summed E-state index contributed by atoms with van der Waals surface area (Å²) in [6.45, 7) is 4.66. The minimum Gasteiger partial charge on any atom is -0.352 e. The number of nitrogens with one attached hydrogen (secondary N) is 1. The Morgan fingerprint density at radius 3 is 2.61 bits per heavy atom. The van der Waals surface area contributed by atoms with Crippen LogP contribution in [0.1, 0.15) is 35.5 Å². The summed E-state index contributed by atoms with van der Waals surface area (Å²) in [6, 6.07) is 9.14. The van der Waals surface area contributed by atoms with Crippen molar-refractivity contribution in [2.24, 2.45) is 13.0 Å². The minimum absolute atomic E-state index is 0.131. The molecule has 0 aliphatic carbocycles. The number of nitrogens with zero attached hydrogens (tertiary/aromatic N) is 6. The van der Waals surface area contributed by atoms with Crippen molar-refractivity contribution in [3.05, 3.63) is 88.4 Å². The number of rotatable bonds is 7. The van der Waals surface area contributed by atoms with Gasteiger partial charge in [-0.25, -0.2) is 14.6 Å². The summed E-state index contributed by atoms with van der Waals surface area (Å²) in [5.41, 5.74) is 3.19. The van der Waals surface area contributed by atoms with Crippen molar-refractivity contribution in [1.29, 1.82) is 0 Å². The third kappa shape index (κ3) is 5.38. The van der Waals surface area contributed by atoms with Crippen molar-refractivity contribution < 1.29 is 4.79 Å². The predicted octanol–water partition coefficient (Wildman–Crippen LogP) is 2.40. The molecule has 3 heterocycles. The summed E-state index contributed by atoms with van der Waals surface area (Å²) in [7, 11) is 1.82. The molecule has 0 saturated carbocycles. The SMILES string of the molecule is CC(C)CNC(=O)c1cnc(-c2cccc(Cc3nn(-c4cnn(C)c4)ccc3=O)c2)nc1. The Balaban J connectivity index is 1.53. The lowest BCUT2D eigenvalue weighted by atomic mass is 10.1. The number of aryl methyl sites for hydroxylation is 1. The molecule has 9 heteroatoms. The van der Waals surface area contributed by atoms with Crippen LogP contribution in [0.5, 0.6) is 0 Å². The molecule has 1 aromatic carbocycles. The molecule has 0 aliphatic rings. The van der Waals surface area contributed by atoms with Gasteiger partial charge in [0.05, 0.1) is 18.0 Å². The molecule has 9 nitrogen and oxygen atoms in total. The third-order valence-electron chi connectivity index (χ3n) is 4.98. The molecule has 0 spiro atoms. The van der Waals surface area contributed by atoms with E-state index in [0.29, 0.717) is 36.0 Å². The molecule has 0 radical (unpaired) electrons. The molecule has 0 unspecified atom stereocenters. The standard InChI is InChI=1S/C24H25N7O2/c1-16(2)11-27-24(33)19-12-25-23(26-13-19)18-6-4-5-17(9-18)10-21-22(32)7-8-31(29-21)20-14-28-30(3)15-20/h4-9,12-16H,10-11H2,1-3H3,(H,27,33). The Bertz CT molecular complexity index is 1320. The van der Waals surface area contributed by atoms with Crippen LogP contribution in [-0.4, -0.2) is 42.0 Å². The topological polar surface area (TPSA) is 108 Å². The monoisotopic (exact) mass is 443 g/mol. The van der Waals surface area contributed by atoms with Crippen LogP contribution < -0.4 is 10.7 Å². The van der Waals surface area contributed by atoms with Gasteiger partial charge in [-0.1, -0.05) is 32.0 Å². The van der Waals surface area contributed by atoms with Gasteiger partial charge in [-0.3, -0.25) is 14.3 Å². The molecule has 4 rings (SSSR count). The van der Waals surface area contributed by atoms with Gasteiger partial charge in [0.15, 0.2) is 5.82 Å². The molecular weight excluding hydrogens is 418 g/mol. The quantitative estimate of drug-likeness (QED) is 0.470. The van der Waals surface area contributed by atoms with Gasteiger partial charge in [0, 0.05) is 50.2 Å². The lowest BCUT2D eigenvalue weighted by Crippen LogP contribution is -2.27. The Kier molecular flexibility index (Phi) is 6.39. The van der Waals surface area contributed by atoms with Crippen LogP contribution in [0.3, 0.4) is 0 Å². The second-order valence-electron chi connectivity index (χ2n) is 8.22. The van der Waals surface area contributed by atoms with Gasteiger partial charge in [-0.05, 0) is 17.5 Å². The van der Waals surface area contributed by atoms with E-state index in [9.17, 15) is 9.59 Å². The van der Waals surface area contributed by atoms with Gasteiger partial charge in [0.2, 0.25) is 5.43 Å². The largest absolute Gasteiger partial charge is 0.352 e. The second kappa shape index (κ2) is 9.56. The molecule has 0 bridgehead atoms. The van der Waals surface area contributed by atoms with Gasteiger partial charge >= 0.3 is 0 Å². The fraction of sp³-hybridized carbons (Fsp3) is 0.250. The molecule has 33 heavy (non-hydrogen) atoms. The Morgan fingerprint density at radius 2 is 1.91 bits per heavy atom. The van der Waals surface area contributed by atoms with Crippen molar-refractivity contribution in [2.75, 3.05) is 6.54 Å². The zero-order chi connectivity index (χ0) is 23.4. The maximum absolute atomic E-state index is 12.4. The van der Waals surface area contributed by atoms with Crippen LogP contribution in [0.15, 0.2) is 66.1 Å². The van der Waals surface area contributed by atoms with Gasteiger partial charge in [-0.2, -0.15) is 10.2 Å². The summed E-state index contributed by atoms with van der Waals surface area (Å²) >= 11 is 0. The zero-order valence-corrected chi connectivity index (χ0v) is 18.8. The number of aromatic nitrogens is 6. The molecule has 0 saturated heterocycles. The van der Waals surface area contributed by atoms with Crippen LogP contribution in [0.25, 0.3) is 17.1 Å². The first-order valence-corrected chi connectivity index (χ1v) is 10.7. The van der Waals surface area contributed by atoms with Crippen molar-refractivity contribution in [1.82, 2.24) is 34.8 Å². The number of carbonyl (C=O) groups excluding carboxylic acids is 1. The first kappa shape index (κ1) is 22.1. The number of hydrogen-bond donors (Lipinski definition) is 1. The van der Waals surface area contributed by atoms with E-state index in [1.54, 1.807) is 21.8 Å². The predicted molar refractivity (Wildman–Crippen MR) is 124 cm³/mol. The minimum atomic E-state index is -0.191. The highest BCUT2D eigenvalue weighted by molar-refractivity contribution is 5.93. The van der Waals surface area contributed by atoms with E-state index in [1.165, 1.54) is 18.5 Å². The molecule has 168 valence electrons. The fourth-order valence-corrected chi connectivity index (χ4v) is 3.25. The molecule has 0 atom stereocenters. The maximum atomic E-state index is 12.4.